The van der Waals surface area contributed by atoms with E-state index in [0.29, 0.717) is 6.61 Å². The van der Waals surface area contributed by atoms with Gasteiger partial charge in [-0.2, -0.15) is 0 Å². The summed E-state index contributed by atoms with van der Waals surface area (Å²) in [6.07, 6.45) is 2.40. The van der Waals surface area contributed by atoms with E-state index in [9.17, 15) is 5.11 Å². The van der Waals surface area contributed by atoms with Crippen LogP contribution >= 0.6 is 0 Å². The first-order valence-corrected chi connectivity index (χ1v) is 7.08. The molecule has 1 N–H and O–H groups in total. The smallest absolute Gasteiger partial charge is 0.0716 e. The van der Waals surface area contributed by atoms with Crippen molar-refractivity contribution in [3.8, 4) is 0 Å². The van der Waals surface area contributed by atoms with Crippen molar-refractivity contribution < 1.29 is 9.84 Å². The minimum Gasteiger partial charge on any atom is -0.392 e. The van der Waals surface area contributed by atoms with Crippen LogP contribution in [0.5, 0.6) is 0 Å². The van der Waals surface area contributed by atoms with E-state index in [1.165, 1.54) is 24.0 Å². The Morgan fingerprint density at radius 3 is 1.89 bits per heavy atom. The van der Waals surface area contributed by atoms with E-state index in [0.717, 1.165) is 11.1 Å². The second-order valence-electron chi connectivity index (χ2n) is 7.03. The summed E-state index contributed by atoms with van der Waals surface area (Å²) in [6.45, 7) is 9.89. The Kier molecular flexibility index (Phi) is 3.76. The highest BCUT2D eigenvalue weighted by molar-refractivity contribution is 5.47. The molecule has 0 aliphatic heterocycles. The second kappa shape index (κ2) is 4.92. The first-order valence-electron chi connectivity index (χ1n) is 7.08. The van der Waals surface area contributed by atoms with Crippen molar-refractivity contribution >= 4 is 0 Å². The van der Waals surface area contributed by atoms with Gasteiger partial charge >= 0.3 is 0 Å². The van der Waals surface area contributed by atoms with E-state index < -0.39 is 0 Å². The number of benzene rings is 1. The van der Waals surface area contributed by atoms with Crippen molar-refractivity contribution in [3.63, 3.8) is 0 Å². The molecule has 0 spiro atoms. The molecule has 0 saturated heterocycles. The highest BCUT2D eigenvalue weighted by Gasteiger charge is 2.37. The Morgan fingerprint density at radius 2 is 1.47 bits per heavy atom. The van der Waals surface area contributed by atoms with Crippen LogP contribution in [0.2, 0.25) is 0 Å². The summed E-state index contributed by atoms with van der Waals surface area (Å²) in [5.41, 5.74) is 5.35. The van der Waals surface area contributed by atoms with E-state index in [-0.39, 0.29) is 17.4 Å². The maximum absolute atomic E-state index is 9.59. The molecular weight excluding hydrogens is 236 g/mol. The highest BCUT2D eigenvalue weighted by Crippen LogP contribution is 2.46. The van der Waals surface area contributed by atoms with E-state index in [4.69, 9.17) is 4.74 Å². The van der Waals surface area contributed by atoms with Crippen molar-refractivity contribution in [1.82, 2.24) is 0 Å². The molecule has 0 radical (unpaired) electrons. The lowest BCUT2D eigenvalue weighted by Crippen LogP contribution is -2.34. The molecular formula is C17H26O2. The van der Waals surface area contributed by atoms with Gasteiger partial charge in [-0.15, -0.1) is 0 Å². The highest BCUT2D eigenvalue weighted by atomic mass is 16.5. The van der Waals surface area contributed by atoms with Gasteiger partial charge in [-0.3, -0.25) is 0 Å². The predicted molar refractivity (Wildman–Crippen MR) is 78.4 cm³/mol. The molecule has 0 fully saturated rings. The Bertz CT molecular complexity index is 472. The predicted octanol–water partition coefficient (Wildman–Crippen LogP) is 3.67. The van der Waals surface area contributed by atoms with Crippen molar-refractivity contribution in [2.75, 3.05) is 7.11 Å². The van der Waals surface area contributed by atoms with Crippen molar-refractivity contribution in [2.24, 2.45) is 0 Å². The lowest BCUT2D eigenvalue weighted by Gasteiger charge is -2.42. The van der Waals surface area contributed by atoms with Gasteiger partial charge in [0.25, 0.3) is 0 Å². The third-order valence-electron chi connectivity index (χ3n) is 4.64. The van der Waals surface area contributed by atoms with E-state index in [1.807, 2.05) is 0 Å². The SMILES string of the molecule is COCc1cc2c(cc1CO)C(C)(C)CCC2(C)C. The Labute approximate surface area is 116 Å². The molecule has 2 heteroatoms. The molecule has 2 nitrogen and oxygen atoms in total. The van der Waals surface area contributed by atoms with E-state index in [2.05, 4.69) is 39.8 Å². The molecule has 0 unspecified atom stereocenters. The Morgan fingerprint density at radius 1 is 1.00 bits per heavy atom. The average molecular weight is 262 g/mol. The van der Waals surface area contributed by atoms with Crippen molar-refractivity contribution in [1.29, 1.82) is 0 Å². The third kappa shape index (κ3) is 2.56. The van der Waals surface area contributed by atoms with Gasteiger partial charge in [-0.05, 0) is 45.9 Å². The van der Waals surface area contributed by atoms with Gasteiger partial charge in [0.2, 0.25) is 0 Å². The Hall–Kier alpha value is -0.860. The number of hydrogen-bond donors (Lipinski definition) is 1. The zero-order chi connectivity index (χ0) is 14.3. The first-order chi connectivity index (χ1) is 8.81. The topological polar surface area (TPSA) is 29.5 Å². The third-order valence-corrected chi connectivity index (χ3v) is 4.64. The fourth-order valence-electron chi connectivity index (χ4n) is 3.14. The quantitative estimate of drug-likeness (QED) is 0.900. The standard InChI is InChI=1S/C17H26O2/c1-16(2)6-7-17(3,4)15-9-13(11-19-5)12(10-18)8-14(15)16/h8-9,18H,6-7,10-11H2,1-5H3. The second-order valence-corrected chi connectivity index (χ2v) is 7.03. The zero-order valence-corrected chi connectivity index (χ0v) is 12.8. The monoisotopic (exact) mass is 262 g/mol. The molecule has 0 bridgehead atoms. The van der Waals surface area contributed by atoms with Crippen LogP contribution in [0, 0.1) is 0 Å². The lowest BCUT2D eigenvalue weighted by atomic mass is 9.62. The van der Waals surface area contributed by atoms with Crippen LogP contribution in [0.4, 0.5) is 0 Å². The molecule has 1 aliphatic carbocycles. The zero-order valence-electron chi connectivity index (χ0n) is 12.8. The molecule has 1 aliphatic rings. The number of hydrogen-bond acceptors (Lipinski definition) is 2. The van der Waals surface area contributed by atoms with Gasteiger partial charge in [-0.25, -0.2) is 0 Å². The minimum atomic E-state index is 0.0858. The van der Waals surface area contributed by atoms with Crippen molar-refractivity contribution in [2.45, 2.75) is 64.6 Å². The molecule has 19 heavy (non-hydrogen) atoms. The van der Waals surface area contributed by atoms with Crippen LogP contribution in [-0.4, -0.2) is 12.2 Å². The maximum Gasteiger partial charge on any atom is 0.0716 e. The summed E-state index contributed by atoms with van der Waals surface area (Å²) >= 11 is 0. The van der Waals surface area contributed by atoms with Crippen LogP contribution in [0.3, 0.4) is 0 Å². The number of aliphatic hydroxyl groups excluding tert-OH is 1. The Balaban J connectivity index is 2.63. The van der Waals surface area contributed by atoms with Crippen LogP contribution < -0.4 is 0 Å². The molecule has 2 rings (SSSR count). The lowest BCUT2D eigenvalue weighted by molar-refractivity contribution is 0.181. The fraction of sp³-hybridized carbons (Fsp3) is 0.647. The molecule has 106 valence electrons. The van der Waals surface area contributed by atoms with Crippen LogP contribution in [0.25, 0.3) is 0 Å². The molecule has 0 saturated carbocycles. The summed E-state index contributed by atoms with van der Waals surface area (Å²) in [4.78, 5) is 0. The summed E-state index contributed by atoms with van der Waals surface area (Å²) < 4.78 is 5.27. The van der Waals surface area contributed by atoms with Crippen LogP contribution in [0.1, 0.15) is 62.8 Å². The number of methoxy groups -OCH3 is 1. The minimum absolute atomic E-state index is 0.0858. The summed E-state index contributed by atoms with van der Waals surface area (Å²) in [5.74, 6) is 0. The summed E-state index contributed by atoms with van der Waals surface area (Å²) in [5, 5.41) is 9.59. The first kappa shape index (κ1) is 14.5. The van der Waals surface area contributed by atoms with Gasteiger partial charge in [0.15, 0.2) is 0 Å². The molecule has 0 amide bonds. The number of rotatable bonds is 3. The van der Waals surface area contributed by atoms with Gasteiger partial charge in [0.05, 0.1) is 13.2 Å². The average Bonchev–Trinajstić information content (AvgIpc) is 2.35. The number of aliphatic hydroxyl groups is 1. The van der Waals surface area contributed by atoms with E-state index in [1.54, 1.807) is 7.11 Å². The molecule has 1 aromatic rings. The van der Waals surface area contributed by atoms with Crippen LogP contribution in [-0.2, 0) is 28.8 Å². The number of fused-ring (bicyclic) bond motifs is 1. The maximum atomic E-state index is 9.59. The largest absolute Gasteiger partial charge is 0.392 e. The molecule has 0 heterocycles. The van der Waals surface area contributed by atoms with Gasteiger partial charge in [0.1, 0.15) is 0 Å². The van der Waals surface area contributed by atoms with Gasteiger partial charge in [0, 0.05) is 7.11 Å². The van der Waals surface area contributed by atoms with Crippen molar-refractivity contribution in [3.05, 3.63) is 34.4 Å². The molecule has 0 atom stereocenters. The number of ether oxygens (including phenoxy) is 1. The van der Waals surface area contributed by atoms with E-state index >= 15 is 0 Å². The van der Waals surface area contributed by atoms with Gasteiger partial charge in [-0.1, -0.05) is 39.8 Å². The fourth-order valence-corrected chi connectivity index (χ4v) is 3.14. The summed E-state index contributed by atoms with van der Waals surface area (Å²) in [7, 11) is 1.70. The van der Waals surface area contributed by atoms with Crippen LogP contribution in [0.15, 0.2) is 12.1 Å². The molecule has 0 aromatic heterocycles. The normalized spacial score (nSPS) is 20.1. The summed E-state index contributed by atoms with van der Waals surface area (Å²) in [6, 6.07) is 4.45. The van der Waals surface area contributed by atoms with Gasteiger partial charge < -0.3 is 9.84 Å². The molecule has 1 aromatic carbocycles.